The molecule has 0 aromatic heterocycles. The summed E-state index contributed by atoms with van der Waals surface area (Å²) in [5, 5.41) is 5.13. The average Bonchev–Trinajstić information content (AvgIpc) is 2.48. The van der Waals surface area contributed by atoms with Gasteiger partial charge in [0.2, 0.25) is 0 Å². The van der Waals surface area contributed by atoms with Gasteiger partial charge in [0.1, 0.15) is 5.82 Å². The normalized spacial score (nSPS) is 34.6. The summed E-state index contributed by atoms with van der Waals surface area (Å²) in [5.41, 5.74) is 0.854. The van der Waals surface area contributed by atoms with Crippen LogP contribution < -0.4 is 10.6 Å². The molecule has 4 saturated carbocycles. The first-order valence-corrected chi connectivity index (χ1v) is 8.98. The third kappa shape index (κ3) is 3.11. The molecule has 5 rings (SSSR count). The Morgan fingerprint density at radius 3 is 2.39 bits per heavy atom. The molecule has 23 heavy (non-hydrogen) atoms. The van der Waals surface area contributed by atoms with Crippen LogP contribution in [0.2, 0.25) is 5.02 Å². The Kier molecular flexibility index (Phi) is 3.85. The van der Waals surface area contributed by atoms with Crippen LogP contribution in [-0.4, -0.2) is 18.0 Å². The van der Waals surface area contributed by atoms with Gasteiger partial charge in [0, 0.05) is 24.9 Å². The first kappa shape index (κ1) is 15.4. The zero-order valence-corrected chi connectivity index (χ0v) is 13.9. The number of amides is 1. The Balaban J connectivity index is 1.35. The van der Waals surface area contributed by atoms with Crippen molar-refractivity contribution in [3.8, 4) is 0 Å². The van der Waals surface area contributed by atoms with E-state index in [2.05, 4.69) is 10.6 Å². The van der Waals surface area contributed by atoms with Crippen LogP contribution in [0.4, 0.5) is 10.1 Å². The van der Waals surface area contributed by atoms with Gasteiger partial charge in [-0.3, -0.25) is 4.79 Å². The van der Waals surface area contributed by atoms with Crippen LogP contribution in [0, 0.1) is 23.6 Å². The minimum absolute atomic E-state index is 0.0351. The standard InChI is InChI=1S/C18H22ClFN2O/c19-15-6-14(1-2-16(15)20)22-17(23)10-21-18-7-11-3-12(8-18)5-13(4-11)9-18/h1-2,6,11-13,21H,3-5,7-10H2,(H,22,23)/p+1. The van der Waals surface area contributed by atoms with Crippen molar-refractivity contribution in [3.05, 3.63) is 29.0 Å². The van der Waals surface area contributed by atoms with Gasteiger partial charge < -0.3 is 10.6 Å². The minimum atomic E-state index is -0.468. The summed E-state index contributed by atoms with van der Waals surface area (Å²) in [6, 6.07) is 4.28. The number of anilines is 1. The van der Waals surface area contributed by atoms with Crippen LogP contribution in [0.15, 0.2) is 18.2 Å². The van der Waals surface area contributed by atoms with Crippen molar-refractivity contribution in [1.29, 1.82) is 0 Å². The number of rotatable bonds is 4. The molecule has 0 atom stereocenters. The largest absolute Gasteiger partial charge is 0.334 e. The summed E-state index contributed by atoms with van der Waals surface area (Å²) in [6.07, 6.45) is 8.05. The van der Waals surface area contributed by atoms with E-state index in [1.807, 2.05) is 0 Å². The lowest BCUT2D eigenvalue weighted by molar-refractivity contribution is -0.729. The van der Waals surface area contributed by atoms with Crippen molar-refractivity contribution < 1.29 is 14.5 Å². The average molecular weight is 338 g/mol. The maximum Gasteiger partial charge on any atom is 0.279 e. The second-order valence-electron chi connectivity index (χ2n) is 7.87. The highest BCUT2D eigenvalue weighted by Crippen LogP contribution is 2.54. The third-order valence-corrected chi connectivity index (χ3v) is 6.30. The molecule has 1 aromatic carbocycles. The zero-order valence-electron chi connectivity index (χ0n) is 13.2. The number of carbonyl (C=O) groups excluding carboxylic acids is 1. The molecule has 4 fully saturated rings. The number of quaternary nitrogens is 1. The fourth-order valence-electron chi connectivity index (χ4n) is 5.52. The monoisotopic (exact) mass is 337 g/mol. The summed E-state index contributed by atoms with van der Waals surface area (Å²) in [7, 11) is 0. The summed E-state index contributed by atoms with van der Waals surface area (Å²) in [5.74, 6) is 2.15. The molecular weight excluding hydrogens is 315 g/mol. The Hall–Kier alpha value is -1.13. The van der Waals surface area contributed by atoms with Gasteiger partial charge in [0.15, 0.2) is 6.54 Å². The van der Waals surface area contributed by atoms with E-state index < -0.39 is 5.82 Å². The number of carbonyl (C=O) groups is 1. The second kappa shape index (κ2) is 5.75. The van der Waals surface area contributed by atoms with E-state index in [1.54, 1.807) is 6.07 Å². The lowest BCUT2D eigenvalue weighted by Gasteiger charge is -2.54. The Morgan fingerprint density at radius 2 is 1.83 bits per heavy atom. The van der Waals surface area contributed by atoms with Crippen LogP contribution in [0.3, 0.4) is 0 Å². The van der Waals surface area contributed by atoms with E-state index in [-0.39, 0.29) is 10.9 Å². The van der Waals surface area contributed by atoms with Crippen molar-refractivity contribution in [1.82, 2.24) is 0 Å². The molecule has 4 aliphatic carbocycles. The number of nitrogens with one attached hydrogen (secondary N) is 1. The smallest absolute Gasteiger partial charge is 0.279 e. The van der Waals surface area contributed by atoms with Gasteiger partial charge in [-0.15, -0.1) is 0 Å². The molecule has 3 N–H and O–H groups in total. The molecule has 0 unspecified atom stereocenters. The first-order valence-electron chi connectivity index (χ1n) is 8.61. The molecule has 1 amide bonds. The van der Waals surface area contributed by atoms with Crippen LogP contribution in [-0.2, 0) is 4.79 Å². The lowest BCUT2D eigenvalue weighted by Crippen LogP contribution is -3.00. The summed E-state index contributed by atoms with van der Waals surface area (Å²) < 4.78 is 13.2. The second-order valence-corrected chi connectivity index (χ2v) is 8.27. The predicted molar refractivity (Wildman–Crippen MR) is 87.7 cm³/mol. The van der Waals surface area contributed by atoms with Gasteiger partial charge >= 0.3 is 0 Å². The molecule has 4 bridgehead atoms. The Morgan fingerprint density at radius 1 is 1.22 bits per heavy atom. The van der Waals surface area contributed by atoms with Gasteiger partial charge in [0.05, 0.1) is 10.6 Å². The van der Waals surface area contributed by atoms with Crippen LogP contribution >= 0.6 is 11.6 Å². The third-order valence-electron chi connectivity index (χ3n) is 6.01. The molecule has 124 valence electrons. The molecule has 0 radical (unpaired) electrons. The molecule has 4 aliphatic rings. The molecule has 1 aromatic rings. The van der Waals surface area contributed by atoms with Crippen LogP contribution in [0.5, 0.6) is 0 Å². The highest BCUT2D eigenvalue weighted by atomic mass is 35.5. The first-order chi connectivity index (χ1) is 11.0. The van der Waals surface area contributed by atoms with Gasteiger partial charge in [-0.25, -0.2) is 4.39 Å². The number of nitrogens with two attached hydrogens (primary N) is 1. The Labute approximate surface area is 141 Å². The maximum absolute atomic E-state index is 13.2. The molecule has 0 saturated heterocycles. The topological polar surface area (TPSA) is 45.7 Å². The number of halogens is 2. The van der Waals surface area contributed by atoms with Crippen molar-refractivity contribution >= 4 is 23.2 Å². The highest BCUT2D eigenvalue weighted by molar-refractivity contribution is 6.31. The van der Waals surface area contributed by atoms with E-state index in [1.165, 1.54) is 50.7 Å². The fourth-order valence-corrected chi connectivity index (χ4v) is 5.70. The summed E-state index contributed by atoms with van der Waals surface area (Å²) in [6.45, 7) is 0.432. The SMILES string of the molecule is O=C(C[NH2+]C12CC3CC(CC(C3)C1)C2)Nc1ccc(F)c(Cl)c1. The Bertz CT molecular complexity index is 598. The van der Waals surface area contributed by atoms with Crippen molar-refractivity contribution in [3.63, 3.8) is 0 Å². The molecular formula is C18H23ClFN2O+. The van der Waals surface area contributed by atoms with E-state index in [9.17, 15) is 9.18 Å². The molecule has 3 nitrogen and oxygen atoms in total. The number of hydrogen-bond acceptors (Lipinski definition) is 1. The van der Waals surface area contributed by atoms with E-state index in [4.69, 9.17) is 11.6 Å². The van der Waals surface area contributed by atoms with Gasteiger partial charge in [-0.2, -0.15) is 0 Å². The van der Waals surface area contributed by atoms with Gasteiger partial charge in [-0.05, 0) is 55.2 Å². The van der Waals surface area contributed by atoms with Gasteiger partial charge in [-0.1, -0.05) is 11.6 Å². The maximum atomic E-state index is 13.2. The molecule has 0 spiro atoms. The van der Waals surface area contributed by atoms with Crippen molar-refractivity contribution in [2.24, 2.45) is 17.8 Å². The van der Waals surface area contributed by atoms with E-state index in [0.717, 1.165) is 17.8 Å². The van der Waals surface area contributed by atoms with Crippen molar-refractivity contribution in [2.45, 2.75) is 44.1 Å². The van der Waals surface area contributed by atoms with E-state index >= 15 is 0 Å². The molecule has 5 heteroatoms. The quantitative estimate of drug-likeness (QED) is 0.871. The molecule has 0 heterocycles. The van der Waals surface area contributed by atoms with Crippen LogP contribution in [0.1, 0.15) is 38.5 Å². The van der Waals surface area contributed by atoms with Crippen LogP contribution in [0.25, 0.3) is 0 Å². The highest BCUT2D eigenvalue weighted by Gasteiger charge is 2.53. The summed E-state index contributed by atoms with van der Waals surface area (Å²) in [4.78, 5) is 12.2. The predicted octanol–water partition coefficient (Wildman–Crippen LogP) is 2.95. The zero-order chi connectivity index (χ0) is 16.0. The summed E-state index contributed by atoms with van der Waals surface area (Å²) >= 11 is 5.75. The van der Waals surface area contributed by atoms with Gasteiger partial charge in [0.25, 0.3) is 5.91 Å². The molecule has 0 aliphatic heterocycles. The number of benzene rings is 1. The van der Waals surface area contributed by atoms with E-state index in [0.29, 0.717) is 17.8 Å². The number of hydrogen-bond donors (Lipinski definition) is 2. The van der Waals surface area contributed by atoms with Crippen molar-refractivity contribution in [2.75, 3.05) is 11.9 Å². The minimum Gasteiger partial charge on any atom is -0.334 e. The lowest BCUT2D eigenvalue weighted by atomic mass is 9.53. The fraction of sp³-hybridized carbons (Fsp3) is 0.611.